The Morgan fingerprint density at radius 3 is 2.79 bits per heavy atom. The topological polar surface area (TPSA) is 46.5 Å². The minimum atomic E-state index is -0.440. The number of ether oxygens (including phenoxy) is 1. The van der Waals surface area contributed by atoms with Gasteiger partial charge in [0.15, 0.2) is 0 Å². The molecule has 0 unspecified atom stereocenters. The van der Waals surface area contributed by atoms with Crippen LogP contribution < -0.4 is 0 Å². The van der Waals surface area contributed by atoms with Crippen LogP contribution in [0.5, 0.6) is 5.75 Å². The van der Waals surface area contributed by atoms with Crippen LogP contribution >= 0.6 is 0 Å². The number of esters is 1. The Bertz CT molecular complexity index is 367. The number of benzene rings is 1. The standard InChI is InChI=1S/C11H12O3/c1-8-3-4-9(10(12)7-8)5-6-11(13)14-2/h3-7,12H,1-2H3. The summed E-state index contributed by atoms with van der Waals surface area (Å²) in [5.41, 5.74) is 1.57. The molecule has 0 aliphatic heterocycles. The van der Waals surface area contributed by atoms with Crippen molar-refractivity contribution in [3.05, 3.63) is 35.4 Å². The van der Waals surface area contributed by atoms with Crippen LogP contribution in [0, 0.1) is 6.92 Å². The molecule has 1 N–H and O–H groups in total. The SMILES string of the molecule is COC(=O)C=Cc1ccc(C)cc1O. The molecule has 1 aromatic rings. The van der Waals surface area contributed by atoms with Crippen molar-refractivity contribution >= 4 is 12.0 Å². The second kappa shape index (κ2) is 4.46. The first-order chi connectivity index (χ1) is 6.63. The maximum atomic E-state index is 10.8. The van der Waals surface area contributed by atoms with Crippen LogP contribution in [0.25, 0.3) is 6.08 Å². The third kappa shape index (κ3) is 2.62. The Balaban J connectivity index is 2.87. The maximum absolute atomic E-state index is 10.8. The van der Waals surface area contributed by atoms with Gasteiger partial charge in [-0.2, -0.15) is 0 Å². The van der Waals surface area contributed by atoms with Gasteiger partial charge in [0.2, 0.25) is 0 Å². The summed E-state index contributed by atoms with van der Waals surface area (Å²) < 4.78 is 4.43. The van der Waals surface area contributed by atoms with E-state index in [9.17, 15) is 9.90 Å². The second-order valence-electron chi connectivity index (χ2n) is 2.92. The minimum Gasteiger partial charge on any atom is -0.507 e. The van der Waals surface area contributed by atoms with Crippen LogP contribution in [0.1, 0.15) is 11.1 Å². The molecule has 0 bridgehead atoms. The lowest BCUT2D eigenvalue weighted by molar-refractivity contribution is -0.134. The number of phenolic OH excluding ortho intramolecular Hbond substituents is 1. The van der Waals surface area contributed by atoms with Crippen molar-refractivity contribution in [3.63, 3.8) is 0 Å². The quantitative estimate of drug-likeness (QED) is 0.575. The fourth-order valence-electron chi connectivity index (χ4n) is 1.02. The number of aryl methyl sites for hydroxylation is 1. The first-order valence-corrected chi connectivity index (χ1v) is 4.19. The lowest BCUT2D eigenvalue weighted by atomic mass is 10.1. The highest BCUT2D eigenvalue weighted by atomic mass is 16.5. The summed E-state index contributed by atoms with van der Waals surface area (Å²) in [6.07, 6.45) is 2.78. The third-order valence-corrected chi connectivity index (χ3v) is 1.79. The molecule has 3 heteroatoms. The van der Waals surface area contributed by atoms with E-state index in [2.05, 4.69) is 4.74 Å². The summed E-state index contributed by atoms with van der Waals surface area (Å²) in [6.45, 7) is 1.88. The van der Waals surface area contributed by atoms with E-state index < -0.39 is 5.97 Å². The Morgan fingerprint density at radius 1 is 1.50 bits per heavy atom. The van der Waals surface area contributed by atoms with E-state index in [0.717, 1.165) is 5.56 Å². The number of carbonyl (C=O) groups excluding carboxylic acids is 1. The number of hydrogen-bond donors (Lipinski definition) is 1. The van der Waals surface area contributed by atoms with Gasteiger partial charge in [0.25, 0.3) is 0 Å². The van der Waals surface area contributed by atoms with Gasteiger partial charge < -0.3 is 9.84 Å². The van der Waals surface area contributed by atoms with Crippen molar-refractivity contribution in [2.45, 2.75) is 6.92 Å². The van der Waals surface area contributed by atoms with Crippen LogP contribution in [0.2, 0.25) is 0 Å². The van der Waals surface area contributed by atoms with E-state index in [4.69, 9.17) is 0 Å². The lowest BCUT2D eigenvalue weighted by Gasteiger charge is -1.99. The van der Waals surface area contributed by atoms with Gasteiger partial charge in [0, 0.05) is 11.6 Å². The summed E-state index contributed by atoms with van der Waals surface area (Å²) in [5.74, 6) is -0.282. The zero-order valence-electron chi connectivity index (χ0n) is 8.15. The van der Waals surface area contributed by atoms with Gasteiger partial charge in [-0.05, 0) is 24.6 Å². The normalized spacial score (nSPS) is 10.4. The van der Waals surface area contributed by atoms with Crippen LogP contribution in [-0.4, -0.2) is 18.2 Å². The predicted molar refractivity (Wildman–Crippen MR) is 53.9 cm³/mol. The average molecular weight is 192 g/mol. The van der Waals surface area contributed by atoms with Gasteiger partial charge in [-0.15, -0.1) is 0 Å². The first-order valence-electron chi connectivity index (χ1n) is 4.19. The maximum Gasteiger partial charge on any atom is 0.330 e. The van der Waals surface area contributed by atoms with Gasteiger partial charge in [0.1, 0.15) is 5.75 Å². The molecule has 0 heterocycles. The van der Waals surface area contributed by atoms with E-state index >= 15 is 0 Å². The Morgan fingerprint density at radius 2 is 2.21 bits per heavy atom. The molecule has 0 saturated heterocycles. The zero-order chi connectivity index (χ0) is 10.6. The smallest absolute Gasteiger partial charge is 0.330 e. The number of aromatic hydroxyl groups is 1. The molecule has 3 nitrogen and oxygen atoms in total. The molecular weight excluding hydrogens is 180 g/mol. The monoisotopic (exact) mass is 192 g/mol. The van der Waals surface area contributed by atoms with E-state index in [-0.39, 0.29) is 5.75 Å². The van der Waals surface area contributed by atoms with E-state index in [1.165, 1.54) is 19.3 Å². The molecule has 1 rings (SSSR count). The van der Waals surface area contributed by atoms with E-state index in [1.54, 1.807) is 12.1 Å². The molecule has 0 fully saturated rings. The summed E-state index contributed by atoms with van der Waals surface area (Å²) in [6, 6.07) is 5.23. The second-order valence-corrected chi connectivity index (χ2v) is 2.92. The summed E-state index contributed by atoms with van der Waals surface area (Å²) in [4.78, 5) is 10.8. The molecule has 0 atom stereocenters. The highest BCUT2D eigenvalue weighted by Gasteiger charge is 1.98. The van der Waals surface area contributed by atoms with Crippen molar-refractivity contribution in [1.29, 1.82) is 0 Å². The summed E-state index contributed by atoms with van der Waals surface area (Å²) in [7, 11) is 1.31. The number of rotatable bonds is 2. The molecule has 14 heavy (non-hydrogen) atoms. The summed E-state index contributed by atoms with van der Waals surface area (Å²) in [5, 5.41) is 9.47. The fraction of sp³-hybridized carbons (Fsp3) is 0.182. The van der Waals surface area contributed by atoms with Crippen molar-refractivity contribution in [2.75, 3.05) is 7.11 Å². The van der Waals surface area contributed by atoms with Crippen LogP contribution in [-0.2, 0) is 9.53 Å². The number of hydrogen-bond acceptors (Lipinski definition) is 3. The first kappa shape index (κ1) is 10.3. The molecule has 0 aromatic heterocycles. The highest BCUT2D eigenvalue weighted by Crippen LogP contribution is 2.19. The molecule has 0 amide bonds. The van der Waals surface area contributed by atoms with Crippen molar-refractivity contribution in [3.8, 4) is 5.75 Å². The molecular formula is C11H12O3. The van der Waals surface area contributed by atoms with Gasteiger partial charge in [-0.3, -0.25) is 0 Å². The highest BCUT2D eigenvalue weighted by molar-refractivity contribution is 5.87. The largest absolute Gasteiger partial charge is 0.507 e. The molecule has 0 aliphatic carbocycles. The van der Waals surface area contributed by atoms with Crippen LogP contribution in [0.4, 0.5) is 0 Å². The van der Waals surface area contributed by atoms with Gasteiger partial charge in [-0.1, -0.05) is 12.1 Å². The van der Waals surface area contributed by atoms with Gasteiger partial charge in [-0.25, -0.2) is 4.79 Å². The Labute approximate surface area is 82.6 Å². The van der Waals surface area contributed by atoms with Crippen molar-refractivity contribution < 1.29 is 14.6 Å². The number of methoxy groups -OCH3 is 1. The third-order valence-electron chi connectivity index (χ3n) is 1.79. The fourth-order valence-corrected chi connectivity index (χ4v) is 1.02. The molecule has 0 spiro atoms. The number of carbonyl (C=O) groups is 1. The zero-order valence-corrected chi connectivity index (χ0v) is 8.15. The minimum absolute atomic E-state index is 0.158. The molecule has 74 valence electrons. The van der Waals surface area contributed by atoms with Gasteiger partial charge in [0.05, 0.1) is 7.11 Å². The Hall–Kier alpha value is -1.77. The molecule has 1 aromatic carbocycles. The predicted octanol–water partition coefficient (Wildman–Crippen LogP) is 1.89. The molecule has 0 saturated carbocycles. The van der Waals surface area contributed by atoms with Crippen LogP contribution in [0.15, 0.2) is 24.3 Å². The average Bonchev–Trinajstić information content (AvgIpc) is 2.16. The van der Waals surface area contributed by atoms with Crippen LogP contribution in [0.3, 0.4) is 0 Å². The lowest BCUT2D eigenvalue weighted by Crippen LogP contribution is -1.93. The summed E-state index contributed by atoms with van der Waals surface area (Å²) >= 11 is 0. The van der Waals surface area contributed by atoms with Crippen molar-refractivity contribution in [2.24, 2.45) is 0 Å². The van der Waals surface area contributed by atoms with E-state index in [0.29, 0.717) is 5.56 Å². The Kier molecular flexibility index (Phi) is 3.29. The van der Waals surface area contributed by atoms with E-state index in [1.807, 2.05) is 13.0 Å². The van der Waals surface area contributed by atoms with Crippen molar-refractivity contribution in [1.82, 2.24) is 0 Å². The molecule has 0 aliphatic rings. The molecule has 0 radical (unpaired) electrons. The number of phenols is 1. The van der Waals surface area contributed by atoms with Gasteiger partial charge >= 0.3 is 5.97 Å².